The lowest BCUT2D eigenvalue weighted by Crippen LogP contribution is -2.13. The van der Waals surface area contributed by atoms with Gasteiger partial charge in [0.15, 0.2) is 0 Å². The van der Waals surface area contributed by atoms with E-state index >= 15 is 0 Å². The quantitative estimate of drug-likeness (QED) is 0.884. The van der Waals surface area contributed by atoms with Gasteiger partial charge in [-0.25, -0.2) is 0 Å². The first-order valence-electron chi connectivity index (χ1n) is 6.29. The summed E-state index contributed by atoms with van der Waals surface area (Å²) in [6.07, 6.45) is 3.74. The second kappa shape index (κ2) is 6.59. The molecule has 0 aliphatic rings. The predicted octanol–water partition coefficient (Wildman–Crippen LogP) is 2.76. The second-order valence-corrected chi connectivity index (χ2v) is 4.71. The van der Waals surface area contributed by atoms with E-state index in [0.29, 0.717) is 13.2 Å². The molecule has 1 heterocycles. The Bertz CT molecular complexity index is 539. The molecule has 0 unspecified atom stereocenters. The Morgan fingerprint density at radius 1 is 1.42 bits per heavy atom. The van der Waals surface area contributed by atoms with Crippen LogP contribution in [0.25, 0.3) is 0 Å². The van der Waals surface area contributed by atoms with Crippen molar-refractivity contribution >= 4 is 11.6 Å². The van der Waals surface area contributed by atoms with Crippen molar-refractivity contribution < 1.29 is 4.74 Å². The lowest BCUT2D eigenvalue weighted by Gasteiger charge is -2.12. The molecule has 0 radical (unpaired) electrons. The Balaban J connectivity index is 2.08. The molecular formula is C14H18ClN3O. The third-order valence-corrected chi connectivity index (χ3v) is 3.13. The van der Waals surface area contributed by atoms with E-state index in [0.717, 1.165) is 28.4 Å². The van der Waals surface area contributed by atoms with E-state index in [4.69, 9.17) is 16.3 Å². The van der Waals surface area contributed by atoms with Crippen LogP contribution in [0.1, 0.15) is 18.1 Å². The van der Waals surface area contributed by atoms with E-state index in [1.165, 1.54) is 0 Å². The molecule has 0 amide bonds. The average molecular weight is 280 g/mol. The van der Waals surface area contributed by atoms with E-state index < -0.39 is 0 Å². The van der Waals surface area contributed by atoms with Gasteiger partial charge in [-0.05, 0) is 18.7 Å². The van der Waals surface area contributed by atoms with Gasteiger partial charge in [0.05, 0.1) is 6.20 Å². The van der Waals surface area contributed by atoms with E-state index in [-0.39, 0.29) is 0 Å². The number of benzene rings is 1. The highest BCUT2D eigenvalue weighted by Crippen LogP contribution is 2.27. The highest BCUT2D eigenvalue weighted by atomic mass is 35.5. The molecule has 0 aliphatic heterocycles. The van der Waals surface area contributed by atoms with Gasteiger partial charge >= 0.3 is 0 Å². The number of halogens is 1. The molecule has 0 bridgehead atoms. The van der Waals surface area contributed by atoms with Gasteiger partial charge in [0.1, 0.15) is 12.4 Å². The lowest BCUT2D eigenvalue weighted by atomic mass is 10.2. The van der Waals surface area contributed by atoms with Crippen LogP contribution in [-0.2, 0) is 20.2 Å². The molecule has 0 spiro atoms. The summed E-state index contributed by atoms with van der Waals surface area (Å²) < 4.78 is 7.60. The standard InChI is InChI=1S/C14H18ClN3O/c1-3-16-8-12-13(15)5-4-6-14(12)19-10-11-7-17-18(2)9-11/h4-7,9,16H,3,8,10H2,1-2H3. The molecule has 0 fully saturated rings. The number of hydrogen-bond donors (Lipinski definition) is 1. The first-order chi connectivity index (χ1) is 9.20. The summed E-state index contributed by atoms with van der Waals surface area (Å²) in [6, 6.07) is 5.72. The van der Waals surface area contributed by atoms with Gasteiger partial charge in [0, 0.05) is 35.9 Å². The molecule has 0 saturated carbocycles. The first kappa shape index (κ1) is 13.9. The monoisotopic (exact) mass is 279 g/mol. The van der Waals surface area contributed by atoms with Gasteiger partial charge < -0.3 is 10.1 Å². The summed E-state index contributed by atoms with van der Waals surface area (Å²) in [5, 5.41) is 8.11. The fourth-order valence-electron chi connectivity index (χ4n) is 1.80. The zero-order valence-corrected chi connectivity index (χ0v) is 11.9. The maximum Gasteiger partial charge on any atom is 0.125 e. The minimum Gasteiger partial charge on any atom is -0.488 e. The molecule has 102 valence electrons. The van der Waals surface area contributed by atoms with E-state index in [1.54, 1.807) is 10.9 Å². The normalized spacial score (nSPS) is 10.7. The summed E-state index contributed by atoms with van der Waals surface area (Å²) in [5.74, 6) is 0.817. The summed E-state index contributed by atoms with van der Waals surface area (Å²) >= 11 is 6.21. The third-order valence-electron chi connectivity index (χ3n) is 2.78. The lowest BCUT2D eigenvalue weighted by molar-refractivity contribution is 0.302. The minimum atomic E-state index is 0.493. The fourth-order valence-corrected chi connectivity index (χ4v) is 2.04. The van der Waals surface area contributed by atoms with Gasteiger partial charge in [-0.15, -0.1) is 0 Å². The number of aromatic nitrogens is 2. The predicted molar refractivity (Wildman–Crippen MR) is 76.4 cm³/mol. The molecule has 1 N–H and O–H groups in total. The number of rotatable bonds is 6. The third kappa shape index (κ3) is 3.72. The molecule has 4 nitrogen and oxygen atoms in total. The van der Waals surface area contributed by atoms with Gasteiger partial charge in [-0.1, -0.05) is 24.6 Å². The van der Waals surface area contributed by atoms with Crippen molar-refractivity contribution in [3.05, 3.63) is 46.7 Å². The van der Waals surface area contributed by atoms with Crippen LogP contribution in [0.2, 0.25) is 5.02 Å². The van der Waals surface area contributed by atoms with Gasteiger partial charge in [-0.3, -0.25) is 4.68 Å². The maximum atomic E-state index is 6.21. The minimum absolute atomic E-state index is 0.493. The largest absolute Gasteiger partial charge is 0.488 e. The highest BCUT2D eigenvalue weighted by Gasteiger charge is 2.08. The summed E-state index contributed by atoms with van der Waals surface area (Å²) in [5.41, 5.74) is 2.03. The molecule has 0 saturated heterocycles. The zero-order chi connectivity index (χ0) is 13.7. The van der Waals surface area contributed by atoms with Gasteiger partial charge in [0.25, 0.3) is 0 Å². The van der Waals surface area contributed by atoms with Gasteiger partial charge in [-0.2, -0.15) is 5.10 Å². The van der Waals surface area contributed by atoms with Crippen LogP contribution in [0, 0.1) is 0 Å². The smallest absolute Gasteiger partial charge is 0.125 e. The first-order valence-corrected chi connectivity index (χ1v) is 6.67. The van der Waals surface area contributed by atoms with Crippen molar-refractivity contribution in [2.24, 2.45) is 7.05 Å². The highest BCUT2D eigenvalue weighted by molar-refractivity contribution is 6.31. The SMILES string of the molecule is CCNCc1c(Cl)cccc1OCc1cnn(C)c1. The Kier molecular flexibility index (Phi) is 4.82. The van der Waals surface area contributed by atoms with Crippen molar-refractivity contribution in [2.75, 3.05) is 6.54 Å². The summed E-state index contributed by atoms with van der Waals surface area (Å²) in [6.45, 7) is 4.16. The Labute approximate surface area is 118 Å². The van der Waals surface area contributed by atoms with Crippen molar-refractivity contribution in [1.29, 1.82) is 0 Å². The van der Waals surface area contributed by atoms with Crippen LogP contribution in [-0.4, -0.2) is 16.3 Å². The van der Waals surface area contributed by atoms with Crippen molar-refractivity contribution in [3.63, 3.8) is 0 Å². The van der Waals surface area contributed by atoms with Crippen molar-refractivity contribution in [2.45, 2.75) is 20.1 Å². The molecule has 0 atom stereocenters. The molecular weight excluding hydrogens is 262 g/mol. The van der Waals surface area contributed by atoms with Crippen LogP contribution in [0.5, 0.6) is 5.75 Å². The number of hydrogen-bond acceptors (Lipinski definition) is 3. The molecule has 2 rings (SSSR count). The number of ether oxygens (including phenoxy) is 1. The van der Waals surface area contributed by atoms with Crippen LogP contribution < -0.4 is 10.1 Å². The van der Waals surface area contributed by atoms with Crippen LogP contribution in [0.15, 0.2) is 30.6 Å². The summed E-state index contributed by atoms with van der Waals surface area (Å²) in [7, 11) is 1.89. The topological polar surface area (TPSA) is 39.1 Å². The zero-order valence-electron chi connectivity index (χ0n) is 11.2. The number of nitrogens with zero attached hydrogens (tertiary/aromatic N) is 2. The van der Waals surface area contributed by atoms with Gasteiger partial charge in [0.2, 0.25) is 0 Å². The van der Waals surface area contributed by atoms with Crippen molar-refractivity contribution in [1.82, 2.24) is 15.1 Å². The van der Waals surface area contributed by atoms with Crippen LogP contribution in [0.3, 0.4) is 0 Å². The van der Waals surface area contributed by atoms with Crippen molar-refractivity contribution in [3.8, 4) is 5.75 Å². The Hall–Kier alpha value is -1.52. The van der Waals surface area contributed by atoms with E-state index in [9.17, 15) is 0 Å². The average Bonchev–Trinajstić information content (AvgIpc) is 2.81. The van der Waals surface area contributed by atoms with Crippen LogP contribution in [0.4, 0.5) is 0 Å². The Morgan fingerprint density at radius 2 is 2.26 bits per heavy atom. The molecule has 5 heteroatoms. The molecule has 1 aromatic heterocycles. The molecule has 19 heavy (non-hydrogen) atoms. The Morgan fingerprint density at radius 3 is 2.95 bits per heavy atom. The summed E-state index contributed by atoms with van der Waals surface area (Å²) in [4.78, 5) is 0. The molecule has 0 aliphatic carbocycles. The second-order valence-electron chi connectivity index (χ2n) is 4.31. The van der Waals surface area contributed by atoms with E-state index in [1.807, 2.05) is 31.4 Å². The maximum absolute atomic E-state index is 6.21. The molecule has 1 aromatic carbocycles. The van der Waals surface area contributed by atoms with Crippen LogP contribution >= 0.6 is 11.6 Å². The van der Waals surface area contributed by atoms with E-state index in [2.05, 4.69) is 17.3 Å². The molecule has 2 aromatic rings. The number of nitrogens with one attached hydrogen (secondary N) is 1. The number of aryl methyl sites for hydroxylation is 1. The fraction of sp³-hybridized carbons (Fsp3) is 0.357.